The highest BCUT2D eigenvalue weighted by Gasteiger charge is 2.24. The Hall–Kier alpha value is -3.92. The van der Waals surface area contributed by atoms with E-state index in [2.05, 4.69) is 42.6 Å². The third-order valence-corrected chi connectivity index (χ3v) is 7.28. The standard InChI is InChI=1S/C27H32N8O2/c1-17-12-20(4-5-21(17)32-24(36)16-34-8-3-9-34)31-27-30-13-19-6-10-35(15-22(19)33-27)23-14-29-26-25(18(23)2)28-7-11-37-26/h4-5,12-14,28H,3,6-11,15-16H2,1-2H3,(H,32,36)(H,30,31,33). The van der Waals surface area contributed by atoms with Crippen LogP contribution in [0, 0.1) is 13.8 Å². The minimum Gasteiger partial charge on any atom is -0.474 e. The molecule has 3 aromatic rings. The number of benzene rings is 1. The molecule has 0 saturated carbocycles. The highest BCUT2D eigenvalue weighted by molar-refractivity contribution is 5.93. The third-order valence-electron chi connectivity index (χ3n) is 7.28. The van der Waals surface area contributed by atoms with Crippen molar-refractivity contribution in [3.8, 4) is 5.88 Å². The summed E-state index contributed by atoms with van der Waals surface area (Å²) in [7, 11) is 0. The highest BCUT2D eigenvalue weighted by atomic mass is 16.5. The molecule has 3 aliphatic heterocycles. The van der Waals surface area contributed by atoms with Gasteiger partial charge in [0.05, 0.1) is 30.7 Å². The first-order chi connectivity index (χ1) is 18.0. The molecule has 0 atom stereocenters. The average Bonchev–Trinajstić information content (AvgIpc) is 2.88. The van der Waals surface area contributed by atoms with Crippen molar-refractivity contribution in [2.45, 2.75) is 33.2 Å². The first-order valence-corrected chi connectivity index (χ1v) is 12.9. The second-order valence-electron chi connectivity index (χ2n) is 9.89. The first kappa shape index (κ1) is 23.5. The predicted octanol–water partition coefficient (Wildman–Crippen LogP) is 3.24. The van der Waals surface area contributed by atoms with E-state index in [4.69, 9.17) is 9.72 Å². The molecule has 192 valence electrons. The number of nitrogens with zero attached hydrogens (tertiary/aromatic N) is 5. The summed E-state index contributed by atoms with van der Waals surface area (Å²) in [6.07, 6.45) is 5.88. The molecule has 1 fully saturated rings. The summed E-state index contributed by atoms with van der Waals surface area (Å²) >= 11 is 0. The van der Waals surface area contributed by atoms with Gasteiger partial charge in [-0.3, -0.25) is 9.69 Å². The van der Waals surface area contributed by atoms with Crippen LogP contribution in [0.15, 0.2) is 30.6 Å². The van der Waals surface area contributed by atoms with Gasteiger partial charge in [0.2, 0.25) is 17.7 Å². The van der Waals surface area contributed by atoms with Crippen molar-refractivity contribution in [2.24, 2.45) is 0 Å². The molecule has 2 aromatic heterocycles. The summed E-state index contributed by atoms with van der Waals surface area (Å²) in [5.74, 6) is 1.26. The average molecular weight is 501 g/mol. The summed E-state index contributed by atoms with van der Waals surface area (Å²) in [4.78, 5) is 30.7. The smallest absolute Gasteiger partial charge is 0.238 e. The van der Waals surface area contributed by atoms with Crippen LogP contribution in [-0.2, 0) is 17.8 Å². The van der Waals surface area contributed by atoms with Crippen LogP contribution in [0.3, 0.4) is 0 Å². The fourth-order valence-electron chi connectivity index (χ4n) is 5.04. The number of aryl methyl sites for hydroxylation is 1. The van der Waals surface area contributed by atoms with Crippen molar-refractivity contribution in [3.63, 3.8) is 0 Å². The van der Waals surface area contributed by atoms with E-state index in [9.17, 15) is 4.79 Å². The fraction of sp³-hybridized carbons (Fsp3) is 0.407. The number of carbonyl (C=O) groups excluding carboxylic acids is 1. The summed E-state index contributed by atoms with van der Waals surface area (Å²) in [6.45, 7) is 9.56. The number of nitrogens with one attached hydrogen (secondary N) is 3. The van der Waals surface area contributed by atoms with Crippen molar-refractivity contribution < 1.29 is 9.53 Å². The summed E-state index contributed by atoms with van der Waals surface area (Å²) in [6, 6.07) is 5.87. The SMILES string of the molecule is Cc1cc(Nc2ncc3c(n2)CN(c2cnc4c(c2C)NCCO4)CC3)ccc1NC(=O)CN1CCC1. The number of hydrogen-bond donors (Lipinski definition) is 3. The lowest BCUT2D eigenvalue weighted by Gasteiger charge is -2.32. The maximum atomic E-state index is 12.3. The van der Waals surface area contributed by atoms with E-state index < -0.39 is 0 Å². The number of amides is 1. The largest absolute Gasteiger partial charge is 0.474 e. The molecule has 0 bridgehead atoms. The van der Waals surface area contributed by atoms with Crippen LogP contribution < -0.4 is 25.6 Å². The highest BCUT2D eigenvalue weighted by Crippen LogP contribution is 2.36. The Morgan fingerprint density at radius 3 is 2.86 bits per heavy atom. The molecule has 6 rings (SSSR count). The first-order valence-electron chi connectivity index (χ1n) is 12.9. The van der Waals surface area contributed by atoms with Gasteiger partial charge < -0.3 is 25.6 Å². The Kier molecular flexibility index (Phi) is 6.25. The van der Waals surface area contributed by atoms with E-state index in [1.165, 1.54) is 12.0 Å². The second kappa shape index (κ2) is 9.85. The maximum Gasteiger partial charge on any atom is 0.238 e. The van der Waals surface area contributed by atoms with Crippen molar-refractivity contribution in [1.82, 2.24) is 19.9 Å². The van der Waals surface area contributed by atoms with Crippen LogP contribution in [0.1, 0.15) is 28.8 Å². The summed E-state index contributed by atoms with van der Waals surface area (Å²) in [5.41, 5.74) is 8.10. The Bertz CT molecular complexity index is 1340. The summed E-state index contributed by atoms with van der Waals surface area (Å²) < 4.78 is 5.69. The topological polar surface area (TPSA) is 108 Å². The van der Waals surface area contributed by atoms with Gasteiger partial charge in [0, 0.05) is 36.2 Å². The van der Waals surface area contributed by atoms with Gasteiger partial charge in [0.15, 0.2) is 0 Å². The lowest BCUT2D eigenvalue weighted by molar-refractivity contribution is -0.118. The van der Waals surface area contributed by atoms with Crippen LogP contribution in [0.4, 0.5) is 28.7 Å². The molecular weight excluding hydrogens is 468 g/mol. The van der Waals surface area contributed by atoms with Gasteiger partial charge in [0.25, 0.3) is 0 Å². The molecular formula is C27H32N8O2. The van der Waals surface area contributed by atoms with E-state index in [1.54, 1.807) is 0 Å². The molecule has 10 nitrogen and oxygen atoms in total. The number of likely N-dealkylation sites (tertiary alicyclic amines) is 1. The van der Waals surface area contributed by atoms with E-state index in [0.717, 1.165) is 72.2 Å². The zero-order valence-corrected chi connectivity index (χ0v) is 21.3. The molecule has 0 spiro atoms. The monoisotopic (exact) mass is 500 g/mol. The van der Waals surface area contributed by atoms with Crippen LogP contribution >= 0.6 is 0 Å². The Morgan fingerprint density at radius 1 is 1.16 bits per heavy atom. The minimum absolute atomic E-state index is 0.0266. The third kappa shape index (κ3) is 4.89. The molecule has 1 saturated heterocycles. The molecule has 1 amide bonds. The number of pyridine rings is 1. The maximum absolute atomic E-state index is 12.3. The van der Waals surface area contributed by atoms with Crippen LogP contribution in [0.5, 0.6) is 5.88 Å². The fourth-order valence-corrected chi connectivity index (χ4v) is 5.04. The van der Waals surface area contributed by atoms with Gasteiger partial charge in [0.1, 0.15) is 12.3 Å². The van der Waals surface area contributed by atoms with Gasteiger partial charge in [-0.15, -0.1) is 0 Å². The number of fused-ring (bicyclic) bond motifs is 2. The van der Waals surface area contributed by atoms with Gasteiger partial charge in [-0.1, -0.05) is 0 Å². The van der Waals surface area contributed by atoms with Gasteiger partial charge in [-0.05, 0) is 69.1 Å². The number of rotatable bonds is 6. The Balaban J connectivity index is 1.14. The molecule has 10 heteroatoms. The molecule has 3 aliphatic rings. The number of anilines is 5. The normalized spacial score (nSPS) is 16.5. The van der Waals surface area contributed by atoms with Crippen LogP contribution in [0.2, 0.25) is 0 Å². The Labute approximate surface area is 216 Å². The zero-order valence-electron chi connectivity index (χ0n) is 21.3. The van der Waals surface area contributed by atoms with Gasteiger partial charge in [-0.2, -0.15) is 0 Å². The van der Waals surface area contributed by atoms with E-state index >= 15 is 0 Å². The van der Waals surface area contributed by atoms with E-state index in [1.807, 2.05) is 37.5 Å². The molecule has 0 radical (unpaired) electrons. The molecule has 3 N–H and O–H groups in total. The van der Waals surface area contributed by atoms with Crippen molar-refractivity contribution >= 4 is 34.6 Å². The molecule has 0 aliphatic carbocycles. The van der Waals surface area contributed by atoms with Crippen molar-refractivity contribution in [1.29, 1.82) is 0 Å². The summed E-state index contributed by atoms with van der Waals surface area (Å²) in [5, 5.41) is 9.78. The number of hydrogen-bond acceptors (Lipinski definition) is 9. The van der Waals surface area contributed by atoms with Gasteiger partial charge >= 0.3 is 0 Å². The molecule has 0 unspecified atom stereocenters. The van der Waals surface area contributed by atoms with Crippen molar-refractivity contribution in [3.05, 3.63) is 53.0 Å². The number of carbonyl (C=O) groups is 1. The quantitative estimate of drug-likeness (QED) is 0.470. The van der Waals surface area contributed by atoms with Gasteiger partial charge in [-0.25, -0.2) is 15.0 Å². The zero-order chi connectivity index (χ0) is 25.4. The second-order valence-corrected chi connectivity index (χ2v) is 9.89. The Morgan fingerprint density at radius 2 is 2.05 bits per heavy atom. The number of aromatic nitrogens is 3. The van der Waals surface area contributed by atoms with Crippen molar-refractivity contribution in [2.75, 3.05) is 60.2 Å². The minimum atomic E-state index is 0.0266. The number of ether oxygens (including phenoxy) is 1. The molecule has 1 aromatic carbocycles. The molecule has 37 heavy (non-hydrogen) atoms. The predicted molar refractivity (Wildman–Crippen MR) is 144 cm³/mol. The lowest BCUT2D eigenvalue weighted by Crippen LogP contribution is -2.42. The molecule has 5 heterocycles. The van der Waals surface area contributed by atoms with Crippen LogP contribution in [0.25, 0.3) is 0 Å². The lowest BCUT2D eigenvalue weighted by atomic mass is 10.0. The van der Waals surface area contributed by atoms with E-state index in [-0.39, 0.29) is 5.91 Å². The van der Waals surface area contributed by atoms with E-state index in [0.29, 0.717) is 31.5 Å². The van der Waals surface area contributed by atoms with Crippen LogP contribution in [-0.4, -0.2) is 65.1 Å².